The van der Waals surface area contributed by atoms with Crippen molar-refractivity contribution in [3.63, 3.8) is 0 Å². The number of benzene rings is 2. The molecular formula is C30H36N2O5. The standard InChI is InChI=1S/C30H36N2O5/c1-4-22-21(17-27(33)37-29(22)36-19(2)3)16-26-28-24(23-12-8-9-13-25(23)31-28)14-15-32(26)30(34)35-18-20-10-6-5-7-11-20/h5-13,19,21-22,26,29,31H,4,14-18H2,1-3H3/t21-,22?,26+,29?/m1/s1. The highest BCUT2D eigenvalue weighted by Gasteiger charge is 2.43. The fraction of sp³-hybridized carbons (Fsp3) is 0.467. The number of nitrogens with one attached hydrogen (secondary N) is 1. The number of cyclic esters (lactones) is 1. The van der Waals surface area contributed by atoms with E-state index in [0.29, 0.717) is 19.4 Å². The first kappa shape index (κ1) is 25.3. The number of hydrogen-bond donors (Lipinski definition) is 1. The lowest BCUT2D eigenvalue weighted by Gasteiger charge is -2.42. The summed E-state index contributed by atoms with van der Waals surface area (Å²) in [6.45, 7) is 6.79. The molecule has 0 spiro atoms. The molecule has 3 heterocycles. The summed E-state index contributed by atoms with van der Waals surface area (Å²) in [6.07, 6.45) is 1.56. The lowest BCUT2D eigenvalue weighted by Crippen LogP contribution is -2.45. The Morgan fingerprint density at radius 1 is 1.14 bits per heavy atom. The summed E-state index contributed by atoms with van der Waals surface area (Å²) in [5.74, 6) is -0.176. The van der Waals surface area contributed by atoms with Crippen LogP contribution >= 0.6 is 0 Å². The maximum atomic E-state index is 13.4. The molecule has 2 aliphatic heterocycles. The molecule has 2 unspecified atom stereocenters. The average Bonchev–Trinajstić information content (AvgIpc) is 3.27. The van der Waals surface area contributed by atoms with Crippen molar-refractivity contribution in [1.82, 2.24) is 9.88 Å². The smallest absolute Gasteiger partial charge is 0.410 e. The molecule has 1 N–H and O–H groups in total. The first-order valence-electron chi connectivity index (χ1n) is 13.4. The van der Waals surface area contributed by atoms with E-state index >= 15 is 0 Å². The van der Waals surface area contributed by atoms with E-state index in [1.54, 1.807) is 0 Å². The van der Waals surface area contributed by atoms with E-state index in [-0.39, 0.29) is 42.7 Å². The van der Waals surface area contributed by atoms with Crippen molar-refractivity contribution >= 4 is 23.0 Å². The van der Waals surface area contributed by atoms with Crippen molar-refractivity contribution in [2.45, 2.75) is 71.5 Å². The number of hydrogen-bond acceptors (Lipinski definition) is 5. The summed E-state index contributed by atoms with van der Waals surface area (Å²) in [5, 5.41) is 1.19. The lowest BCUT2D eigenvalue weighted by atomic mass is 9.78. The van der Waals surface area contributed by atoms with Gasteiger partial charge in [-0.2, -0.15) is 0 Å². The van der Waals surface area contributed by atoms with E-state index in [0.717, 1.165) is 29.6 Å². The zero-order chi connectivity index (χ0) is 25.9. The van der Waals surface area contributed by atoms with E-state index in [9.17, 15) is 9.59 Å². The molecule has 3 aromatic rings. The molecule has 37 heavy (non-hydrogen) atoms. The predicted octanol–water partition coefficient (Wildman–Crippen LogP) is 6.13. The quantitative estimate of drug-likeness (QED) is 0.391. The summed E-state index contributed by atoms with van der Waals surface area (Å²) < 4.78 is 17.4. The Morgan fingerprint density at radius 3 is 2.65 bits per heavy atom. The summed E-state index contributed by atoms with van der Waals surface area (Å²) in [4.78, 5) is 31.5. The topological polar surface area (TPSA) is 80.9 Å². The maximum Gasteiger partial charge on any atom is 0.410 e. The van der Waals surface area contributed by atoms with E-state index in [1.165, 1.54) is 10.9 Å². The number of carbonyl (C=O) groups is 2. The Bertz CT molecular complexity index is 1240. The number of nitrogens with zero attached hydrogens (tertiary/aromatic N) is 1. The van der Waals surface area contributed by atoms with Gasteiger partial charge in [-0.15, -0.1) is 0 Å². The van der Waals surface area contributed by atoms with Crippen LogP contribution in [0.1, 0.15) is 62.9 Å². The van der Waals surface area contributed by atoms with Crippen LogP contribution in [0, 0.1) is 11.8 Å². The SMILES string of the molecule is CCC1C(OC(C)C)OC(=O)C[C@H]1C[C@H]1c2[nH]c3ccccc3c2CCN1C(=O)OCc1ccccc1. The van der Waals surface area contributed by atoms with Gasteiger partial charge in [0, 0.05) is 35.5 Å². The molecule has 7 nitrogen and oxygen atoms in total. The predicted molar refractivity (Wildman–Crippen MR) is 141 cm³/mol. The Balaban J connectivity index is 1.45. The number of para-hydroxylation sites is 1. The normalized spacial score (nSPS) is 23.7. The fourth-order valence-electron chi connectivity index (χ4n) is 5.90. The first-order chi connectivity index (χ1) is 17.9. The van der Waals surface area contributed by atoms with Gasteiger partial charge in [-0.1, -0.05) is 55.5 Å². The zero-order valence-corrected chi connectivity index (χ0v) is 21.8. The van der Waals surface area contributed by atoms with Crippen molar-refractivity contribution in [2.75, 3.05) is 6.54 Å². The largest absolute Gasteiger partial charge is 0.445 e. The number of H-pyrrole nitrogens is 1. The van der Waals surface area contributed by atoms with Gasteiger partial charge >= 0.3 is 12.1 Å². The second kappa shape index (κ2) is 11.0. The van der Waals surface area contributed by atoms with E-state index in [2.05, 4.69) is 24.0 Å². The molecule has 5 rings (SSSR count). The summed E-state index contributed by atoms with van der Waals surface area (Å²) >= 11 is 0. The van der Waals surface area contributed by atoms with Crippen LogP contribution in [0.15, 0.2) is 54.6 Å². The van der Waals surface area contributed by atoms with Crippen LogP contribution in [0.4, 0.5) is 4.79 Å². The Labute approximate surface area is 218 Å². The van der Waals surface area contributed by atoms with Crippen molar-refractivity contribution in [1.29, 1.82) is 0 Å². The molecule has 7 heteroatoms. The average molecular weight is 505 g/mol. The Hall–Kier alpha value is -3.32. The number of rotatable bonds is 7. The molecule has 0 bridgehead atoms. The van der Waals surface area contributed by atoms with Crippen molar-refractivity contribution in [2.24, 2.45) is 11.8 Å². The molecule has 1 saturated heterocycles. The fourth-order valence-corrected chi connectivity index (χ4v) is 5.90. The summed E-state index contributed by atoms with van der Waals surface area (Å²) in [5.41, 5.74) is 4.30. The second-order valence-electron chi connectivity index (χ2n) is 10.4. The highest BCUT2D eigenvalue weighted by Crippen LogP contribution is 2.43. The molecule has 0 radical (unpaired) electrons. The molecule has 2 aromatic carbocycles. The minimum Gasteiger partial charge on any atom is -0.445 e. The van der Waals surface area contributed by atoms with Crippen LogP contribution in [0.25, 0.3) is 10.9 Å². The van der Waals surface area contributed by atoms with Gasteiger partial charge in [0.2, 0.25) is 6.29 Å². The van der Waals surface area contributed by atoms with Gasteiger partial charge in [0.1, 0.15) is 6.61 Å². The van der Waals surface area contributed by atoms with E-state index < -0.39 is 6.29 Å². The number of fused-ring (bicyclic) bond motifs is 3. The number of amides is 1. The van der Waals surface area contributed by atoms with Gasteiger partial charge in [-0.05, 0) is 56.2 Å². The molecule has 1 amide bonds. The molecule has 0 saturated carbocycles. The molecule has 0 aliphatic carbocycles. The van der Waals surface area contributed by atoms with Crippen LogP contribution in [0.5, 0.6) is 0 Å². The second-order valence-corrected chi connectivity index (χ2v) is 10.4. The van der Waals surface area contributed by atoms with Crippen LogP contribution in [-0.4, -0.2) is 40.9 Å². The number of esters is 1. The highest BCUT2D eigenvalue weighted by molar-refractivity contribution is 5.85. The highest BCUT2D eigenvalue weighted by atomic mass is 16.7. The summed E-state index contributed by atoms with van der Waals surface area (Å²) in [6, 6.07) is 17.7. The molecule has 196 valence electrons. The minimum atomic E-state index is -0.569. The van der Waals surface area contributed by atoms with Crippen molar-refractivity contribution in [3.05, 3.63) is 71.4 Å². The van der Waals surface area contributed by atoms with Crippen molar-refractivity contribution < 1.29 is 23.8 Å². The number of carbonyl (C=O) groups excluding carboxylic acids is 2. The monoisotopic (exact) mass is 504 g/mol. The van der Waals surface area contributed by atoms with Crippen LogP contribution in [-0.2, 0) is 32.0 Å². The lowest BCUT2D eigenvalue weighted by molar-refractivity contribution is -0.223. The number of aromatic amines is 1. The van der Waals surface area contributed by atoms with E-state index in [1.807, 2.05) is 61.2 Å². The van der Waals surface area contributed by atoms with Gasteiger partial charge in [0.05, 0.1) is 12.1 Å². The number of ether oxygens (including phenoxy) is 3. The zero-order valence-electron chi connectivity index (χ0n) is 21.8. The van der Waals surface area contributed by atoms with Crippen molar-refractivity contribution in [3.8, 4) is 0 Å². The molecule has 4 atom stereocenters. The molecule has 1 fully saturated rings. The molecule has 1 aromatic heterocycles. The third kappa shape index (κ3) is 5.37. The van der Waals surface area contributed by atoms with E-state index in [4.69, 9.17) is 14.2 Å². The Morgan fingerprint density at radius 2 is 1.89 bits per heavy atom. The van der Waals surface area contributed by atoms with Gasteiger partial charge in [-0.25, -0.2) is 4.79 Å². The van der Waals surface area contributed by atoms with Crippen LogP contribution in [0.3, 0.4) is 0 Å². The molecule has 2 aliphatic rings. The van der Waals surface area contributed by atoms with Gasteiger partial charge in [-0.3, -0.25) is 9.69 Å². The van der Waals surface area contributed by atoms with Crippen LogP contribution in [0.2, 0.25) is 0 Å². The summed E-state index contributed by atoms with van der Waals surface area (Å²) in [7, 11) is 0. The Kier molecular flexibility index (Phi) is 7.51. The maximum absolute atomic E-state index is 13.4. The van der Waals surface area contributed by atoms with Crippen LogP contribution < -0.4 is 0 Å². The van der Waals surface area contributed by atoms with Gasteiger partial charge < -0.3 is 19.2 Å². The van der Waals surface area contributed by atoms with Gasteiger partial charge in [0.15, 0.2) is 0 Å². The number of aromatic nitrogens is 1. The third-order valence-corrected chi connectivity index (χ3v) is 7.63. The third-order valence-electron chi connectivity index (χ3n) is 7.63. The van der Waals surface area contributed by atoms with Gasteiger partial charge in [0.25, 0.3) is 0 Å². The first-order valence-corrected chi connectivity index (χ1v) is 13.4. The minimum absolute atomic E-state index is 0.0155. The molecular weight excluding hydrogens is 468 g/mol.